The van der Waals surface area contributed by atoms with E-state index in [0.717, 1.165) is 14.2 Å². The summed E-state index contributed by atoms with van der Waals surface area (Å²) < 4.78 is 41.8. The molecule has 2 aromatic rings. The first-order valence-electron chi connectivity index (χ1n) is 7.50. The Morgan fingerprint density at radius 1 is 0.926 bits per heavy atom. The summed E-state index contributed by atoms with van der Waals surface area (Å²) in [4.78, 5) is 23.5. The van der Waals surface area contributed by atoms with Gasteiger partial charge in [-0.1, -0.05) is 0 Å². The van der Waals surface area contributed by atoms with Crippen LogP contribution in [0.4, 0.5) is 11.4 Å². The van der Waals surface area contributed by atoms with Crippen LogP contribution in [0.2, 0.25) is 0 Å². The third-order valence-electron chi connectivity index (χ3n) is 3.54. The highest BCUT2D eigenvalue weighted by Gasteiger charge is 2.19. The summed E-state index contributed by atoms with van der Waals surface area (Å²) >= 11 is 0. The molecule has 144 valence electrons. The Bertz CT molecular complexity index is 953. The molecule has 0 saturated heterocycles. The van der Waals surface area contributed by atoms with Crippen LogP contribution in [-0.4, -0.2) is 41.7 Å². The molecule has 27 heavy (non-hydrogen) atoms. The maximum absolute atomic E-state index is 12.6. The van der Waals surface area contributed by atoms with E-state index in [4.69, 9.17) is 10.5 Å². The maximum Gasteiger partial charge on any atom is 0.337 e. The van der Waals surface area contributed by atoms with Gasteiger partial charge < -0.3 is 19.9 Å². The number of nitrogens with two attached hydrogens (primary N) is 1. The summed E-state index contributed by atoms with van der Waals surface area (Å²) in [6, 6.07) is 7.66. The molecule has 0 radical (unpaired) electrons. The molecule has 0 bridgehead atoms. The number of esters is 2. The number of sulfonamides is 1. The number of methoxy groups -OCH3 is 3. The molecule has 0 heterocycles. The van der Waals surface area contributed by atoms with Gasteiger partial charge in [0.2, 0.25) is 0 Å². The molecule has 2 rings (SSSR count). The van der Waals surface area contributed by atoms with Crippen molar-refractivity contribution in [2.24, 2.45) is 0 Å². The second-order valence-electron chi connectivity index (χ2n) is 5.29. The minimum atomic E-state index is -4.05. The Labute approximate surface area is 156 Å². The first kappa shape index (κ1) is 20.0. The largest absolute Gasteiger partial charge is 0.495 e. The van der Waals surface area contributed by atoms with E-state index in [-0.39, 0.29) is 27.4 Å². The van der Waals surface area contributed by atoms with Crippen LogP contribution in [-0.2, 0) is 19.5 Å². The van der Waals surface area contributed by atoms with Crippen LogP contribution in [0, 0.1) is 0 Å². The third kappa shape index (κ3) is 4.47. The molecule has 0 amide bonds. The highest BCUT2D eigenvalue weighted by atomic mass is 32.2. The number of anilines is 2. The molecule has 0 unspecified atom stereocenters. The van der Waals surface area contributed by atoms with Crippen molar-refractivity contribution in [3.05, 3.63) is 47.5 Å². The molecule has 0 aliphatic carbocycles. The normalized spacial score (nSPS) is 10.8. The summed E-state index contributed by atoms with van der Waals surface area (Å²) in [6.07, 6.45) is 0. The predicted octanol–water partition coefficient (Wildman–Crippen LogP) is 1.65. The minimum Gasteiger partial charge on any atom is -0.495 e. The number of hydrogen-bond donors (Lipinski definition) is 2. The van der Waals surface area contributed by atoms with Crippen LogP contribution in [0.3, 0.4) is 0 Å². The van der Waals surface area contributed by atoms with E-state index < -0.39 is 22.0 Å². The number of nitrogen functional groups attached to an aromatic ring is 1. The van der Waals surface area contributed by atoms with E-state index in [2.05, 4.69) is 14.2 Å². The van der Waals surface area contributed by atoms with E-state index in [1.54, 1.807) is 0 Å². The number of nitrogens with one attached hydrogen (secondary N) is 1. The van der Waals surface area contributed by atoms with Crippen molar-refractivity contribution in [2.45, 2.75) is 4.90 Å². The Morgan fingerprint density at radius 3 is 1.93 bits per heavy atom. The highest BCUT2D eigenvalue weighted by Crippen LogP contribution is 2.26. The zero-order valence-corrected chi connectivity index (χ0v) is 15.6. The van der Waals surface area contributed by atoms with Crippen LogP contribution in [0.1, 0.15) is 20.7 Å². The standard InChI is InChI=1S/C17H18N2O7S/c1-24-15-5-4-13(9-14(15)18)27(22,23)19-12-7-10(16(20)25-2)6-11(8-12)17(21)26-3/h4-9,19H,18H2,1-3H3. The first-order valence-corrected chi connectivity index (χ1v) is 8.98. The smallest absolute Gasteiger partial charge is 0.337 e. The van der Waals surface area contributed by atoms with Crippen molar-refractivity contribution in [3.63, 3.8) is 0 Å². The van der Waals surface area contributed by atoms with Crippen LogP contribution >= 0.6 is 0 Å². The van der Waals surface area contributed by atoms with Crippen molar-refractivity contribution < 1.29 is 32.2 Å². The summed E-state index contributed by atoms with van der Waals surface area (Å²) in [5.74, 6) is -1.15. The van der Waals surface area contributed by atoms with E-state index in [0.29, 0.717) is 5.75 Å². The molecule has 0 saturated carbocycles. The molecule has 0 aliphatic heterocycles. The van der Waals surface area contributed by atoms with Gasteiger partial charge in [0.25, 0.3) is 10.0 Å². The number of rotatable bonds is 6. The Balaban J connectivity index is 2.46. The lowest BCUT2D eigenvalue weighted by Gasteiger charge is -2.12. The van der Waals surface area contributed by atoms with Gasteiger partial charge in [-0.25, -0.2) is 18.0 Å². The van der Waals surface area contributed by atoms with E-state index >= 15 is 0 Å². The number of carbonyl (C=O) groups excluding carboxylic acids is 2. The predicted molar refractivity (Wildman–Crippen MR) is 97.3 cm³/mol. The molecule has 0 aliphatic rings. The molecule has 2 aromatic carbocycles. The van der Waals surface area contributed by atoms with Gasteiger partial charge >= 0.3 is 11.9 Å². The first-order chi connectivity index (χ1) is 12.7. The van der Waals surface area contributed by atoms with Crippen molar-refractivity contribution in [3.8, 4) is 5.75 Å². The van der Waals surface area contributed by atoms with Gasteiger partial charge in [0.1, 0.15) is 5.75 Å². The average Bonchev–Trinajstić information content (AvgIpc) is 2.65. The van der Waals surface area contributed by atoms with Crippen molar-refractivity contribution in [1.82, 2.24) is 0 Å². The fourth-order valence-electron chi connectivity index (χ4n) is 2.25. The van der Waals surface area contributed by atoms with E-state index in [1.165, 1.54) is 43.5 Å². The van der Waals surface area contributed by atoms with Gasteiger partial charge in [-0.05, 0) is 36.4 Å². The van der Waals surface area contributed by atoms with Crippen LogP contribution < -0.4 is 15.2 Å². The fraction of sp³-hybridized carbons (Fsp3) is 0.176. The molecular formula is C17H18N2O7S. The lowest BCUT2D eigenvalue weighted by atomic mass is 10.1. The Kier molecular flexibility index (Phi) is 5.91. The molecule has 0 atom stereocenters. The van der Waals surface area contributed by atoms with Gasteiger partial charge in [0, 0.05) is 0 Å². The number of carbonyl (C=O) groups is 2. The van der Waals surface area contributed by atoms with Gasteiger partial charge in [-0.3, -0.25) is 4.72 Å². The second kappa shape index (κ2) is 7.96. The monoisotopic (exact) mass is 394 g/mol. The van der Waals surface area contributed by atoms with Crippen molar-refractivity contribution in [2.75, 3.05) is 31.8 Å². The van der Waals surface area contributed by atoms with Gasteiger partial charge in [0.05, 0.1) is 48.7 Å². The molecule has 0 fully saturated rings. The van der Waals surface area contributed by atoms with Gasteiger partial charge in [0.15, 0.2) is 0 Å². The van der Waals surface area contributed by atoms with Crippen LogP contribution in [0.15, 0.2) is 41.3 Å². The molecule has 0 spiro atoms. The molecule has 0 aromatic heterocycles. The fourth-order valence-corrected chi connectivity index (χ4v) is 3.33. The number of benzene rings is 2. The average molecular weight is 394 g/mol. The van der Waals surface area contributed by atoms with Crippen LogP contribution in [0.5, 0.6) is 5.75 Å². The zero-order valence-electron chi connectivity index (χ0n) is 14.8. The van der Waals surface area contributed by atoms with Crippen LogP contribution in [0.25, 0.3) is 0 Å². The lowest BCUT2D eigenvalue weighted by Crippen LogP contribution is -2.15. The second-order valence-corrected chi connectivity index (χ2v) is 6.97. The van der Waals surface area contributed by atoms with E-state index in [1.807, 2.05) is 0 Å². The lowest BCUT2D eigenvalue weighted by molar-refractivity contribution is 0.0599. The molecule has 3 N–H and O–H groups in total. The number of hydrogen-bond acceptors (Lipinski definition) is 8. The maximum atomic E-state index is 12.6. The Morgan fingerprint density at radius 2 is 1.48 bits per heavy atom. The molecule has 9 nitrogen and oxygen atoms in total. The summed E-state index contributed by atoms with van der Waals surface area (Å²) in [6.45, 7) is 0. The SMILES string of the molecule is COC(=O)c1cc(NS(=O)(=O)c2ccc(OC)c(N)c2)cc(C(=O)OC)c1. The van der Waals surface area contributed by atoms with Crippen molar-refractivity contribution >= 4 is 33.3 Å². The number of ether oxygens (including phenoxy) is 3. The summed E-state index contributed by atoms with van der Waals surface area (Å²) in [5, 5.41) is 0. The zero-order chi connectivity index (χ0) is 20.2. The third-order valence-corrected chi connectivity index (χ3v) is 4.92. The van der Waals surface area contributed by atoms with Crippen molar-refractivity contribution in [1.29, 1.82) is 0 Å². The quantitative estimate of drug-likeness (QED) is 0.558. The Hall–Kier alpha value is -3.27. The van der Waals surface area contributed by atoms with Gasteiger partial charge in [-0.2, -0.15) is 0 Å². The van der Waals surface area contributed by atoms with Gasteiger partial charge in [-0.15, -0.1) is 0 Å². The summed E-state index contributed by atoms with van der Waals surface area (Å²) in [7, 11) is -0.314. The topological polar surface area (TPSA) is 134 Å². The molecule has 10 heteroatoms. The minimum absolute atomic E-state index is 0.0207. The summed E-state index contributed by atoms with van der Waals surface area (Å²) in [5.41, 5.74) is 5.82. The van der Waals surface area contributed by atoms with E-state index in [9.17, 15) is 18.0 Å². The molecular weight excluding hydrogens is 376 g/mol. The highest BCUT2D eigenvalue weighted by molar-refractivity contribution is 7.92.